The summed E-state index contributed by atoms with van der Waals surface area (Å²) in [4.78, 5) is 0. The zero-order valence-corrected chi connectivity index (χ0v) is 18.7. The highest BCUT2D eigenvalue weighted by molar-refractivity contribution is 5.64. The first kappa shape index (κ1) is 25.1. The Kier molecular flexibility index (Phi) is 7.38. The van der Waals surface area contributed by atoms with Gasteiger partial charge in [-0.3, -0.25) is 0 Å². The van der Waals surface area contributed by atoms with E-state index in [1.165, 1.54) is 32.1 Å². The largest absolute Gasteiger partial charge is 0.432 e. The summed E-state index contributed by atoms with van der Waals surface area (Å²) in [6, 6.07) is 8.78. The van der Waals surface area contributed by atoms with Crippen LogP contribution in [0.2, 0.25) is 0 Å². The first-order valence-electron chi connectivity index (χ1n) is 11.4. The summed E-state index contributed by atoms with van der Waals surface area (Å²) in [7, 11) is 0. The van der Waals surface area contributed by atoms with E-state index in [9.17, 15) is 30.7 Å². The standard InChI is InChI=1S/C27H23F7O/c28-21-12-19(18-10-8-17(9-11-18)7-3-6-16-4-1-2-5-16)13-22(29)25(21)27(33,34)35-20-14-23(30)26(32)24(31)15-20/h8-16H,1-7H2. The summed E-state index contributed by atoms with van der Waals surface area (Å²) >= 11 is 0. The maximum Gasteiger partial charge on any atom is 0.432 e. The van der Waals surface area contributed by atoms with Gasteiger partial charge in [-0.15, -0.1) is 0 Å². The predicted molar refractivity (Wildman–Crippen MR) is 118 cm³/mol. The monoisotopic (exact) mass is 496 g/mol. The summed E-state index contributed by atoms with van der Waals surface area (Å²) in [6.07, 6.45) is 3.66. The molecule has 0 aliphatic heterocycles. The van der Waals surface area contributed by atoms with Crippen molar-refractivity contribution in [3.63, 3.8) is 0 Å². The first-order chi connectivity index (χ1) is 16.6. The van der Waals surface area contributed by atoms with Gasteiger partial charge in [0.25, 0.3) is 0 Å². The molecule has 1 saturated carbocycles. The summed E-state index contributed by atoms with van der Waals surface area (Å²) in [5.74, 6) is -8.99. The van der Waals surface area contributed by atoms with Crippen LogP contribution in [-0.4, -0.2) is 0 Å². The maximum absolute atomic E-state index is 14.6. The van der Waals surface area contributed by atoms with E-state index in [1.54, 1.807) is 12.1 Å². The average molecular weight is 496 g/mol. The van der Waals surface area contributed by atoms with Crippen LogP contribution in [0.15, 0.2) is 48.5 Å². The average Bonchev–Trinajstić information content (AvgIpc) is 3.30. The number of halogens is 7. The van der Waals surface area contributed by atoms with Crippen molar-refractivity contribution in [3.05, 3.63) is 88.7 Å². The fourth-order valence-electron chi connectivity index (χ4n) is 4.57. The SMILES string of the molecule is Fc1cc(OC(F)(F)c2c(F)cc(-c3ccc(CCCC4CCCC4)cc3)cc2F)cc(F)c1F. The Labute approximate surface area is 198 Å². The van der Waals surface area contributed by atoms with Gasteiger partial charge in [-0.1, -0.05) is 56.4 Å². The molecular weight excluding hydrogens is 473 g/mol. The number of rotatable bonds is 8. The lowest BCUT2D eigenvalue weighted by molar-refractivity contribution is -0.189. The lowest BCUT2D eigenvalue weighted by atomic mass is 9.97. The van der Waals surface area contributed by atoms with E-state index in [4.69, 9.17) is 0 Å². The zero-order valence-electron chi connectivity index (χ0n) is 18.7. The van der Waals surface area contributed by atoms with Crippen molar-refractivity contribution in [2.75, 3.05) is 0 Å². The molecule has 4 rings (SSSR count). The van der Waals surface area contributed by atoms with Gasteiger partial charge in [0.15, 0.2) is 17.5 Å². The smallest absolute Gasteiger partial charge is 0.429 e. The first-order valence-corrected chi connectivity index (χ1v) is 11.4. The predicted octanol–water partition coefficient (Wildman–Crippen LogP) is 8.69. The van der Waals surface area contributed by atoms with Crippen molar-refractivity contribution in [3.8, 4) is 16.9 Å². The molecule has 0 unspecified atom stereocenters. The highest BCUT2D eigenvalue weighted by Crippen LogP contribution is 2.37. The Morgan fingerprint density at radius 1 is 0.743 bits per heavy atom. The molecule has 0 spiro atoms. The van der Waals surface area contributed by atoms with Gasteiger partial charge >= 0.3 is 6.11 Å². The molecule has 186 valence electrons. The van der Waals surface area contributed by atoms with Crippen molar-refractivity contribution in [1.29, 1.82) is 0 Å². The van der Waals surface area contributed by atoms with Gasteiger partial charge < -0.3 is 4.74 Å². The van der Waals surface area contributed by atoms with Gasteiger partial charge in [-0.2, -0.15) is 8.78 Å². The van der Waals surface area contributed by atoms with Gasteiger partial charge in [0.1, 0.15) is 22.9 Å². The van der Waals surface area contributed by atoms with Gasteiger partial charge in [0, 0.05) is 12.1 Å². The molecule has 8 heteroatoms. The molecule has 0 amide bonds. The molecule has 0 bridgehead atoms. The molecule has 0 N–H and O–H groups in total. The summed E-state index contributed by atoms with van der Waals surface area (Å²) in [5.41, 5.74) is -0.185. The molecule has 35 heavy (non-hydrogen) atoms. The second-order valence-corrected chi connectivity index (χ2v) is 8.87. The Balaban J connectivity index is 1.48. The Morgan fingerprint density at radius 2 is 1.31 bits per heavy atom. The zero-order chi connectivity index (χ0) is 25.2. The maximum atomic E-state index is 14.6. The lowest BCUT2D eigenvalue weighted by Crippen LogP contribution is -2.25. The molecule has 0 saturated heterocycles. The normalized spacial score (nSPS) is 14.5. The number of hydrogen-bond donors (Lipinski definition) is 0. The van der Waals surface area contributed by atoms with Crippen LogP contribution in [0.5, 0.6) is 5.75 Å². The van der Waals surface area contributed by atoms with Crippen molar-refractivity contribution < 1.29 is 35.5 Å². The quantitative estimate of drug-likeness (QED) is 0.224. The molecule has 1 nitrogen and oxygen atoms in total. The highest BCUT2D eigenvalue weighted by atomic mass is 19.3. The van der Waals surface area contributed by atoms with Crippen LogP contribution in [0.4, 0.5) is 30.7 Å². The number of alkyl halides is 2. The molecule has 0 aromatic heterocycles. The van der Waals surface area contributed by atoms with Crippen LogP contribution in [0.3, 0.4) is 0 Å². The van der Waals surface area contributed by atoms with Crippen LogP contribution in [0, 0.1) is 35.0 Å². The lowest BCUT2D eigenvalue weighted by Gasteiger charge is -2.20. The third-order valence-corrected chi connectivity index (χ3v) is 6.38. The van der Waals surface area contributed by atoms with E-state index in [0.717, 1.165) is 36.5 Å². The van der Waals surface area contributed by atoms with Crippen molar-refractivity contribution in [2.45, 2.75) is 51.1 Å². The van der Waals surface area contributed by atoms with Crippen LogP contribution < -0.4 is 4.74 Å². The van der Waals surface area contributed by atoms with E-state index in [2.05, 4.69) is 4.74 Å². The van der Waals surface area contributed by atoms with Crippen LogP contribution in [-0.2, 0) is 12.5 Å². The Bertz CT molecular complexity index is 1140. The molecule has 0 radical (unpaired) electrons. The Hall–Kier alpha value is -3.03. The fraction of sp³-hybridized carbons (Fsp3) is 0.333. The molecule has 3 aromatic rings. The summed E-state index contributed by atoms with van der Waals surface area (Å²) in [6.45, 7) is 0. The number of aryl methyl sites for hydroxylation is 1. The minimum Gasteiger partial charge on any atom is -0.429 e. The minimum atomic E-state index is -4.62. The van der Waals surface area contributed by atoms with E-state index in [0.29, 0.717) is 5.56 Å². The Morgan fingerprint density at radius 3 is 1.89 bits per heavy atom. The van der Waals surface area contributed by atoms with Gasteiger partial charge in [0.2, 0.25) is 0 Å². The van der Waals surface area contributed by atoms with Crippen LogP contribution in [0.25, 0.3) is 11.1 Å². The molecular formula is C27H23F7O. The second kappa shape index (κ2) is 10.3. The summed E-state index contributed by atoms with van der Waals surface area (Å²) < 4.78 is 102. The third-order valence-electron chi connectivity index (χ3n) is 6.38. The number of hydrogen-bond acceptors (Lipinski definition) is 1. The van der Waals surface area contributed by atoms with E-state index in [-0.39, 0.29) is 17.7 Å². The summed E-state index contributed by atoms with van der Waals surface area (Å²) in [5, 5.41) is 0. The second-order valence-electron chi connectivity index (χ2n) is 8.87. The fourth-order valence-corrected chi connectivity index (χ4v) is 4.57. The molecule has 1 aliphatic carbocycles. The molecule has 3 aromatic carbocycles. The number of ether oxygens (including phenoxy) is 1. The van der Waals surface area contributed by atoms with Crippen molar-refractivity contribution in [1.82, 2.24) is 0 Å². The van der Waals surface area contributed by atoms with E-state index >= 15 is 0 Å². The van der Waals surface area contributed by atoms with Crippen molar-refractivity contribution in [2.24, 2.45) is 5.92 Å². The highest BCUT2D eigenvalue weighted by Gasteiger charge is 2.41. The molecule has 0 atom stereocenters. The van der Waals surface area contributed by atoms with Gasteiger partial charge in [0.05, 0.1) is 0 Å². The molecule has 1 aliphatic rings. The molecule has 1 fully saturated rings. The van der Waals surface area contributed by atoms with E-state index in [1.807, 2.05) is 12.1 Å². The van der Waals surface area contributed by atoms with Crippen LogP contribution in [0.1, 0.15) is 49.7 Å². The van der Waals surface area contributed by atoms with Crippen LogP contribution >= 0.6 is 0 Å². The minimum absolute atomic E-state index is 0.0379. The van der Waals surface area contributed by atoms with Crippen molar-refractivity contribution >= 4 is 0 Å². The van der Waals surface area contributed by atoms with Gasteiger partial charge in [-0.05, 0) is 47.6 Å². The molecule has 0 heterocycles. The topological polar surface area (TPSA) is 9.23 Å². The number of benzene rings is 3. The third kappa shape index (κ3) is 5.80. The van der Waals surface area contributed by atoms with E-state index < -0.39 is 46.5 Å². The van der Waals surface area contributed by atoms with Gasteiger partial charge in [-0.25, -0.2) is 22.0 Å².